The van der Waals surface area contributed by atoms with Crippen LogP contribution in [-0.4, -0.2) is 75.9 Å². The number of amides is 1. The van der Waals surface area contributed by atoms with E-state index in [9.17, 15) is 9.18 Å². The second-order valence-electron chi connectivity index (χ2n) is 13.3. The number of aryl methyl sites for hydroxylation is 2. The molecular formula is C34H42ClF2N5O2. The van der Waals surface area contributed by atoms with Gasteiger partial charge in [-0.3, -0.25) is 14.4 Å². The molecule has 0 saturated carbocycles. The number of hydrogen-bond donors (Lipinski definition) is 0. The van der Waals surface area contributed by atoms with Crippen LogP contribution in [0.1, 0.15) is 79.4 Å². The van der Waals surface area contributed by atoms with Gasteiger partial charge in [0.05, 0.1) is 5.92 Å². The maximum Gasteiger partial charge on any atom is 0.227 e. The number of ether oxygens (including phenoxy) is 1. The lowest BCUT2D eigenvalue weighted by Crippen LogP contribution is -2.44. The quantitative estimate of drug-likeness (QED) is 0.337. The van der Waals surface area contributed by atoms with E-state index in [2.05, 4.69) is 41.0 Å². The van der Waals surface area contributed by atoms with Crippen molar-refractivity contribution in [1.82, 2.24) is 24.6 Å². The fraction of sp³-hybridized carbons (Fsp3) is 0.559. The Hall–Kier alpha value is -2.88. The van der Waals surface area contributed by atoms with Crippen molar-refractivity contribution in [3.05, 3.63) is 81.4 Å². The molecule has 1 amide bonds. The van der Waals surface area contributed by atoms with Gasteiger partial charge in [0.2, 0.25) is 5.91 Å². The molecule has 0 spiro atoms. The van der Waals surface area contributed by atoms with E-state index < -0.39 is 17.0 Å². The van der Waals surface area contributed by atoms with Crippen molar-refractivity contribution < 1.29 is 18.3 Å². The van der Waals surface area contributed by atoms with E-state index in [1.807, 2.05) is 23.6 Å². The van der Waals surface area contributed by atoms with Gasteiger partial charge in [0.15, 0.2) is 0 Å². The number of carbonyl (C=O) groups excluding carboxylic acids is 1. The Morgan fingerprint density at radius 2 is 1.75 bits per heavy atom. The Morgan fingerprint density at radius 3 is 2.41 bits per heavy atom. The summed E-state index contributed by atoms with van der Waals surface area (Å²) in [6.45, 7) is 10.1. The first kappa shape index (κ1) is 31.1. The second-order valence-corrected chi connectivity index (χ2v) is 13.7. The Bertz CT molecular complexity index is 1510. The molecule has 2 unspecified atom stereocenters. The summed E-state index contributed by atoms with van der Waals surface area (Å²) in [6, 6.07) is 8.34. The predicted octanol–water partition coefficient (Wildman–Crippen LogP) is 5.98. The van der Waals surface area contributed by atoms with E-state index in [1.165, 1.54) is 23.3 Å². The molecule has 6 rings (SSSR count). The number of benzene rings is 2. The Kier molecular flexibility index (Phi) is 8.83. The first-order valence-corrected chi connectivity index (χ1v) is 16.1. The third kappa shape index (κ3) is 5.90. The van der Waals surface area contributed by atoms with Gasteiger partial charge in [-0.05, 0) is 86.8 Å². The molecule has 3 fully saturated rings. The van der Waals surface area contributed by atoms with Crippen molar-refractivity contribution in [2.45, 2.75) is 69.7 Å². The normalized spacial score (nSPS) is 22.6. The molecule has 0 N–H and O–H groups in total. The molecule has 236 valence electrons. The summed E-state index contributed by atoms with van der Waals surface area (Å²) < 4.78 is 36.3. The number of hydrogen-bond acceptors (Lipinski definition) is 5. The first-order valence-electron chi connectivity index (χ1n) is 15.7. The highest BCUT2D eigenvalue weighted by Crippen LogP contribution is 2.42. The van der Waals surface area contributed by atoms with Crippen molar-refractivity contribution >= 4 is 17.5 Å². The number of halogens is 3. The molecule has 0 bridgehead atoms. The van der Waals surface area contributed by atoms with Crippen LogP contribution in [0.15, 0.2) is 36.7 Å². The van der Waals surface area contributed by atoms with Crippen LogP contribution in [0, 0.1) is 24.5 Å². The fourth-order valence-electron chi connectivity index (χ4n) is 7.75. The van der Waals surface area contributed by atoms with E-state index in [0.717, 1.165) is 48.2 Å². The minimum Gasteiger partial charge on any atom is -0.381 e. The monoisotopic (exact) mass is 625 g/mol. The SMILES string of the molecule is Cc1cc(C(C)(C)c2ncnn2C)c(C2CCN(C(=O)C3CN(C4CCOCC4)CC3c3ccc(F)cc3F)CC2)cc1Cl. The smallest absolute Gasteiger partial charge is 0.227 e. The summed E-state index contributed by atoms with van der Waals surface area (Å²) in [4.78, 5) is 23.1. The van der Waals surface area contributed by atoms with E-state index in [4.69, 9.17) is 16.3 Å². The zero-order valence-electron chi connectivity index (χ0n) is 26.0. The first-order chi connectivity index (χ1) is 21.0. The summed E-state index contributed by atoms with van der Waals surface area (Å²) in [5.41, 5.74) is 3.42. The maximum atomic E-state index is 15.1. The fourth-order valence-corrected chi connectivity index (χ4v) is 7.93. The van der Waals surface area contributed by atoms with E-state index in [-0.39, 0.29) is 23.7 Å². The van der Waals surface area contributed by atoms with Crippen LogP contribution in [0.3, 0.4) is 0 Å². The number of rotatable bonds is 6. The van der Waals surface area contributed by atoms with Crippen LogP contribution < -0.4 is 0 Å². The predicted molar refractivity (Wildman–Crippen MR) is 166 cm³/mol. The lowest BCUT2D eigenvalue weighted by Gasteiger charge is -2.37. The zero-order valence-corrected chi connectivity index (χ0v) is 26.8. The van der Waals surface area contributed by atoms with Gasteiger partial charge in [-0.2, -0.15) is 5.10 Å². The molecule has 3 aliphatic rings. The number of nitrogens with zero attached hydrogens (tertiary/aromatic N) is 5. The Morgan fingerprint density at radius 1 is 1.02 bits per heavy atom. The van der Waals surface area contributed by atoms with Crippen molar-refractivity contribution in [3.63, 3.8) is 0 Å². The molecule has 44 heavy (non-hydrogen) atoms. The molecule has 0 radical (unpaired) electrons. The molecule has 10 heteroatoms. The van der Waals surface area contributed by atoms with Gasteiger partial charge in [-0.25, -0.2) is 13.8 Å². The standard InChI is InChI=1S/C34H42ClF2N5O2/c1-21-15-29(34(2,3)33-38-20-39-40(33)4)26(17-30(21)35)22-7-11-41(12-8-22)32(43)28-19-42(24-9-13-44-14-10-24)18-27(28)25-6-5-23(36)16-31(25)37/h5-6,15-17,20,22,24,27-28H,7-14,18-19H2,1-4H3. The van der Waals surface area contributed by atoms with Crippen LogP contribution in [-0.2, 0) is 22.0 Å². The lowest BCUT2D eigenvalue weighted by atomic mass is 9.75. The average molecular weight is 626 g/mol. The van der Waals surface area contributed by atoms with Crippen LogP contribution >= 0.6 is 11.6 Å². The third-order valence-electron chi connectivity index (χ3n) is 10.3. The molecule has 2 atom stereocenters. The van der Waals surface area contributed by atoms with Crippen LogP contribution in [0.5, 0.6) is 0 Å². The molecule has 7 nitrogen and oxygen atoms in total. The topological polar surface area (TPSA) is 63.5 Å². The van der Waals surface area contributed by atoms with Crippen molar-refractivity contribution in [1.29, 1.82) is 0 Å². The maximum absolute atomic E-state index is 15.1. The van der Waals surface area contributed by atoms with Gasteiger partial charge in [-0.1, -0.05) is 23.7 Å². The van der Waals surface area contributed by atoms with E-state index in [1.54, 1.807) is 6.33 Å². The lowest BCUT2D eigenvalue weighted by molar-refractivity contribution is -0.136. The van der Waals surface area contributed by atoms with Crippen molar-refractivity contribution in [2.24, 2.45) is 13.0 Å². The third-order valence-corrected chi connectivity index (χ3v) is 10.7. The van der Waals surface area contributed by atoms with Crippen LogP contribution in [0.4, 0.5) is 8.78 Å². The zero-order chi connectivity index (χ0) is 31.2. The summed E-state index contributed by atoms with van der Waals surface area (Å²) in [6.07, 6.45) is 4.99. The molecule has 3 aliphatic heterocycles. The summed E-state index contributed by atoms with van der Waals surface area (Å²) in [7, 11) is 1.91. The van der Waals surface area contributed by atoms with Gasteiger partial charge >= 0.3 is 0 Å². The highest BCUT2D eigenvalue weighted by atomic mass is 35.5. The molecule has 2 aromatic carbocycles. The number of likely N-dealkylation sites (tertiary alicyclic amines) is 2. The van der Waals surface area contributed by atoms with Crippen LogP contribution in [0.2, 0.25) is 5.02 Å². The van der Waals surface area contributed by atoms with Crippen LogP contribution in [0.25, 0.3) is 0 Å². The second kappa shape index (κ2) is 12.5. The molecule has 3 saturated heterocycles. The number of aromatic nitrogens is 3. The summed E-state index contributed by atoms with van der Waals surface area (Å²) in [5.74, 6) is -0.710. The van der Waals surface area contributed by atoms with Crippen molar-refractivity contribution in [3.8, 4) is 0 Å². The average Bonchev–Trinajstić information content (AvgIpc) is 3.66. The molecule has 4 heterocycles. The van der Waals surface area contributed by atoms with E-state index in [0.29, 0.717) is 51.0 Å². The minimum absolute atomic E-state index is 0.0633. The van der Waals surface area contributed by atoms with Gasteiger partial charge in [0.25, 0.3) is 0 Å². The van der Waals surface area contributed by atoms with Gasteiger partial charge in [-0.15, -0.1) is 0 Å². The number of piperidine rings is 1. The van der Waals surface area contributed by atoms with Gasteiger partial charge in [0, 0.05) is 74.9 Å². The summed E-state index contributed by atoms with van der Waals surface area (Å²) >= 11 is 6.69. The molecular weight excluding hydrogens is 584 g/mol. The van der Waals surface area contributed by atoms with E-state index >= 15 is 4.39 Å². The minimum atomic E-state index is -0.603. The largest absolute Gasteiger partial charge is 0.381 e. The Balaban J connectivity index is 1.22. The van der Waals surface area contributed by atoms with Crippen molar-refractivity contribution in [2.75, 3.05) is 39.4 Å². The molecule has 0 aliphatic carbocycles. The summed E-state index contributed by atoms with van der Waals surface area (Å²) in [5, 5.41) is 5.05. The highest BCUT2D eigenvalue weighted by Gasteiger charge is 2.44. The molecule has 1 aromatic heterocycles. The van der Waals surface area contributed by atoms with Gasteiger partial charge in [0.1, 0.15) is 23.8 Å². The highest BCUT2D eigenvalue weighted by molar-refractivity contribution is 6.31. The molecule has 3 aromatic rings. The number of carbonyl (C=O) groups is 1. The van der Waals surface area contributed by atoms with Gasteiger partial charge < -0.3 is 9.64 Å². The Labute approximate surface area is 263 Å².